The second kappa shape index (κ2) is 8.00. The summed E-state index contributed by atoms with van der Waals surface area (Å²) < 4.78 is 11.0. The number of carbonyl (C=O) groups excluding carboxylic acids is 1. The van der Waals surface area contributed by atoms with Crippen LogP contribution in [-0.2, 0) is 9.53 Å². The van der Waals surface area contributed by atoms with Crippen molar-refractivity contribution in [3.05, 3.63) is 29.8 Å². The largest absolute Gasteiger partial charge is 0.493 e. The molecule has 1 heterocycles. The van der Waals surface area contributed by atoms with Crippen molar-refractivity contribution < 1.29 is 14.3 Å². The lowest BCUT2D eigenvalue weighted by Crippen LogP contribution is -2.51. The molecule has 1 atom stereocenters. The summed E-state index contributed by atoms with van der Waals surface area (Å²) in [6.45, 7) is 5.20. The van der Waals surface area contributed by atoms with Crippen LogP contribution in [0.15, 0.2) is 24.3 Å². The van der Waals surface area contributed by atoms with E-state index in [0.717, 1.165) is 24.3 Å². The number of nitrogens with zero attached hydrogens (tertiary/aromatic N) is 1. The predicted octanol–water partition coefficient (Wildman–Crippen LogP) is 1.21. The normalized spacial score (nSPS) is 18.3. The van der Waals surface area contributed by atoms with Crippen molar-refractivity contribution in [3.63, 3.8) is 0 Å². The van der Waals surface area contributed by atoms with Gasteiger partial charge in [-0.05, 0) is 25.0 Å². The Morgan fingerprint density at radius 3 is 3.00 bits per heavy atom. The molecule has 1 aromatic rings. The van der Waals surface area contributed by atoms with Crippen molar-refractivity contribution in [1.82, 2.24) is 10.2 Å². The Kier molecular flexibility index (Phi) is 6.02. The van der Waals surface area contributed by atoms with E-state index < -0.39 is 0 Å². The minimum absolute atomic E-state index is 0.0885. The van der Waals surface area contributed by atoms with Gasteiger partial charge in [-0.3, -0.25) is 4.79 Å². The third kappa shape index (κ3) is 4.72. The summed E-state index contributed by atoms with van der Waals surface area (Å²) in [5.74, 6) is 0.999. The van der Waals surface area contributed by atoms with E-state index in [1.54, 1.807) is 4.90 Å². The van der Waals surface area contributed by atoms with Crippen LogP contribution in [-0.4, -0.2) is 56.8 Å². The van der Waals surface area contributed by atoms with Crippen LogP contribution in [0.5, 0.6) is 5.75 Å². The zero-order chi connectivity index (χ0) is 15.1. The molecule has 5 nitrogen and oxygen atoms in total. The number of aryl methyl sites for hydroxylation is 1. The number of benzene rings is 1. The molecule has 1 fully saturated rings. The van der Waals surface area contributed by atoms with Gasteiger partial charge < -0.3 is 19.7 Å². The average molecular weight is 292 g/mol. The molecule has 1 saturated heterocycles. The van der Waals surface area contributed by atoms with Gasteiger partial charge in [-0.25, -0.2) is 0 Å². The first-order chi connectivity index (χ1) is 10.2. The van der Waals surface area contributed by atoms with Gasteiger partial charge in [0.1, 0.15) is 11.8 Å². The molecule has 0 aliphatic carbocycles. The van der Waals surface area contributed by atoms with Crippen molar-refractivity contribution in [2.24, 2.45) is 0 Å². The lowest BCUT2D eigenvalue weighted by molar-refractivity contribution is -0.135. The maximum Gasteiger partial charge on any atom is 0.241 e. The molecule has 5 heteroatoms. The predicted molar refractivity (Wildman–Crippen MR) is 81.5 cm³/mol. The molecule has 1 aromatic carbocycles. The molecule has 0 bridgehead atoms. The second-order valence-corrected chi connectivity index (χ2v) is 5.31. The molecule has 0 radical (unpaired) electrons. The highest BCUT2D eigenvalue weighted by molar-refractivity contribution is 5.81. The number of hydrogen-bond donors (Lipinski definition) is 1. The molecule has 1 unspecified atom stereocenters. The van der Waals surface area contributed by atoms with Gasteiger partial charge in [-0.2, -0.15) is 0 Å². The van der Waals surface area contributed by atoms with E-state index in [2.05, 4.69) is 5.32 Å². The molecular weight excluding hydrogens is 268 g/mol. The first-order valence-electron chi connectivity index (χ1n) is 7.43. The van der Waals surface area contributed by atoms with E-state index >= 15 is 0 Å². The molecule has 1 N–H and O–H groups in total. The average Bonchev–Trinajstić information content (AvgIpc) is 2.53. The van der Waals surface area contributed by atoms with Crippen molar-refractivity contribution in [2.75, 3.05) is 40.0 Å². The van der Waals surface area contributed by atoms with Crippen molar-refractivity contribution in [2.45, 2.75) is 19.4 Å². The molecule has 0 aromatic heterocycles. The number of nitrogens with one attached hydrogen (secondary N) is 1. The maximum atomic E-state index is 12.2. The SMILES string of the molecule is Cc1ccccc1OCCCN(C)C(=O)C1COCCN1. The summed E-state index contributed by atoms with van der Waals surface area (Å²) in [7, 11) is 1.83. The molecule has 0 saturated carbocycles. The Bertz CT molecular complexity index is 459. The summed E-state index contributed by atoms with van der Waals surface area (Å²) in [5.41, 5.74) is 1.13. The van der Waals surface area contributed by atoms with Crippen LogP contribution in [0.4, 0.5) is 0 Å². The monoisotopic (exact) mass is 292 g/mol. The van der Waals surface area contributed by atoms with Gasteiger partial charge in [0, 0.05) is 20.1 Å². The van der Waals surface area contributed by atoms with Crippen LogP contribution in [0.3, 0.4) is 0 Å². The number of carbonyl (C=O) groups is 1. The number of hydrogen-bond acceptors (Lipinski definition) is 4. The smallest absolute Gasteiger partial charge is 0.241 e. The summed E-state index contributed by atoms with van der Waals surface area (Å²) in [5, 5.41) is 3.18. The number of ether oxygens (including phenoxy) is 2. The number of morpholine rings is 1. The molecule has 2 rings (SSSR count). The molecule has 1 aliphatic rings. The van der Waals surface area contributed by atoms with Gasteiger partial charge in [-0.1, -0.05) is 18.2 Å². The molecule has 1 aliphatic heterocycles. The maximum absolute atomic E-state index is 12.2. The number of para-hydroxylation sites is 1. The van der Waals surface area contributed by atoms with Crippen LogP contribution >= 0.6 is 0 Å². The number of rotatable bonds is 6. The van der Waals surface area contributed by atoms with Gasteiger partial charge in [-0.15, -0.1) is 0 Å². The molecular formula is C16H24N2O3. The second-order valence-electron chi connectivity index (χ2n) is 5.31. The van der Waals surface area contributed by atoms with Crippen molar-refractivity contribution in [3.8, 4) is 5.75 Å². The third-order valence-electron chi connectivity index (χ3n) is 3.58. The Morgan fingerprint density at radius 1 is 1.48 bits per heavy atom. The van der Waals surface area contributed by atoms with E-state index in [4.69, 9.17) is 9.47 Å². The zero-order valence-corrected chi connectivity index (χ0v) is 12.8. The fourth-order valence-corrected chi connectivity index (χ4v) is 2.30. The molecule has 1 amide bonds. The highest BCUT2D eigenvalue weighted by atomic mass is 16.5. The van der Waals surface area contributed by atoms with Crippen LogP contribution < -0.4 is 10.1 Å². The fraction of sp³-hybridized carbons (Fsp3) is 0.562. The first-order valence-corrected chi connectivity index (χ1v) is 7.43. The van der Waals surface area contributed by atoms with E-state index in [0.29, 0.717) is 26.4 Å². The highest BCUT2D eigenvalue weighted by Gasteiger charge is 2.23. The van der Waals surface area contributed by atoms with Gasteiger partial charge in [0.15, 0.2) is 0 Å². The number of likely N-dealkylation sites (N-methyl/N-ethyl adjacent to an activating group) is 1. The van der Waals surface area contributed by atoms with Gasteiger partial charge in [0.05, 0.1) is 19.8 Å². The van der Waals surface area contributed by atoms with Gasteiger partial charge in [0.2, 0.25) is 5.91 Å². The topological polar surface area (TPSA) is 50.8 Å². The highest BCUT2D eigenvalue weighted by Crippen LogP contribution is 2.16. The Labute approximate surface area is 126 Å². The van der Waals surface area contributed by atoms with Crippen LogP contribution in [0, 0.1) is 6.92 Å². The quantitative estimate of drug-likeness (QED) is 0.801. The zero-order valence-electron chi connectivity index (χ0n) is 12.8. The summed E-state index contributed by atoms with van der Waals surface area (Å²) >= 11 is 0. The summed E-state index contributed by atoms with van der Waals surface area (Å²) in [4.78, 5) is 13.9. The van der Waals surface area contributed by atoms with Gasteiger partial charge in [0.25, 0.3) is 0 Å². The molecule has 21 heavy (non-hydrogen) atoms. The summed E-state index contributed by atoms with van der Waals surface area (Å²) in [6.07, 6.45) is 0.810. The Hall–Kier alpha value is -1.59. The Balaban J connectivity index is 1.68. The first kappa shape index (κ1) is 15.8. The summed E-state index contributed by atoms with van der Waals surface area (Å²) in [6, 6.07) is 7.74. The minimum Gasteiger partial charge on any atom is -0.493 e. The van der Waals surface area contributed by atoms with Crippen molar-refractivity contribution in [1.29, 1.82) is 0 Å². The van der Waals surface area contributed by atoms with E-state index in [9.17, 15) is 4.79 Å². The van der Waals surface area contributed by atoms with Gasteiger partial charge >= 0.3 is 0 Å². The third-order valence-corrected chi connectivity index (χ3v) is 3.58. The standard InChI is InChI=1S/C16H24N2O3/c1-13-6-3-4-7-15(13)21-10-5-9-18(2)16(19)14-12-20-11-8-17-14/h3-4,6-7,14,17H,5,8-12H2,1-2H3. The lowest BCUT2D eigenvalue weighted by atomic mass is 10.2. The van der Waals surface area contributed by atoms with Crippen molar-refractivity contribution >= 4 is 5.91 Å². The molecule has 116 valence electrons. The number of amides is 1. The van der Waals surface area contributed by atoms with Crippen LogP contribution in [0.25, 0.3) is 0 Å². The lowest BCUT2D eigenvalue weighted by Gasteiger charge is -2.27. The molecule has 0 spiro atoms. The van der Waals surface area contributed by atoms with E-state index in [1.165, 1.54) is 0 Å². The van der Waals surface area contributed by atoms with E-state index in [1.807, 2.05) is 38.2 Å². The minimum atomic E-state index is -0.207. The fourth-order valence-electron chi connectivity index (χ4n) is 2.30. The van der Waals surface area contributed by atoms with E-state index in [-0.39, 0.29) is 11.9 Å². The Morgan fingerprint density at radius 2 is 2.29 bits per heavy atom. The van der Waals surface area contributed by atoms with Crippen LogP contribution in [0.2, 0.25) is 0 Å². The van der Waals surface area contributed by atoms with Crippen LogP contribution in [0.1, 0.15) is 12.0 Å².